The van der Waals surface area contributed by atoms with Crippen molar-refractivity contribution in [2.45, 2.75) is 0 Å². The van der Waals surface area contributed by atoms with Crippen LogP contribution in [-0.4, -0.2) is 28.1 Å². The molecule has 0 fully saturated rings. The molecule has 2 heterocycles. The van der Waals surface area contributed by atoms with Crippen LogP contribution in [0.1, 0.15) is 10.5 Å². The van der Waals surface area contributed by atoms with Crippen molar-refractivity contribution in [1.82, 2.24) is 9.97 Å². The summed E-state index contributed by atoms with van der Waals surface area (Å²) in [6, 6.07) is 10.2. The monoisotopic (exact) mass is 363 g/mol. The molecule has 0 amide bonds. The van der Waals surface area contributed by atoms with E-state index in [0.717, 1.165) is 0 Å². The molecule has 0 aliphatic rings. The van der Waals surface area contributed by atoms with E-state index in [4.69, 9.17) is 27.6 Å². The number of halogens is 2. The summed E-state index contributed by atoms with van der Waals surface area (Å²) in [5.41, 5.74) is 0.331. The Balaban J connectivity index is 2.17. The van der Waals surface area contributed by atoms with Gasteiger partial charge in [-0.05, 0) is 30.3 Å². The number of carboxylic acid groups (broad SMARTS) is 1. The highest BCUT2D eigenvalue weighted by molar-refractivity contribution is 6.35. The molecule has 3 rings (SSSR count). The van der Waals surface area contributed by atoms with Gasteiger partial charge in [0.1, 0.15) is 5.02 Å². The summed E-state index contributed by atoms with van der Waals surface area (Å²) in [6.45, 7) is 0. The van der Waals surface area contributed by atoms with Gasteiger partial charge in [-0.3, -0.25) is 4.90 Å². The number of aromatic carboxylic acids is 1. The van der Waals surface area contributed by atoms with Gasteiger partial charge in [0.15, 0.2) is 17.3 Å². The first-order valence-electron chi connectivity index (χ1n) is 6.81. The van der Waals surface area contributed by atoms with E-state index in [9.17, 15) is 9.90 Å². The lowest BCUT2D eigenvalue weighted by molar-refractivity contribution is 0.0690. The van der Waals surface area contributed by atoms with Crippen LogP contribution >= 0.6 is 23.2 Å². The number of furan rings is 1. The smallest absolute Gasteiger partial charge is 0.356 e. The lowest BCUT2D eigenvalue weighted by Gasteiger charge is -2.18. The average Bonchev–Trinajstić information content (AvgIpc) is 3.09. The van der Waals surface area contributed by atoms with Crippen LogP contribution in [0.4, 0.5) is 11.7 Å². The molecule has 0 saturated heterocycles. The van der Waals surface area contributed by atoms with E-state index in [2.05, 4.69) is 9.97 Å². The van der Waals surface area contributed by atoms with E-state index in [-0.39, 0.29) is 22.4 Å². The summed E-state index contributed by atoms with van der Waals surface area (Å²) < 4.78 is 5.31. The zero-order valence-electron chi connectivity index (χ0n) is 12.4. The van der Waals surface area contributed by atoms with E-state index in [1.54, 1.807) is 48.3 Å². The standard InChI is InChI=1S/C16H11Cl2N3O3/c1-21(11-3-2-8-24-11)15-12(18)13(16(22)23)19-14(20-15)9-4-6-10(17)7-5-9/h2-8H,1H3,(H,22,23). The van der Waals surface area contributed by atoms with Gasteiger partial charge in [0, 0.05) is 23.7 Å². The zero-order chi connectivity index (χ0) is 17.3. The van der Waals surface area contributed by atoms with Crippen LogP contribution < -0.4 is 4.90 Å². The molecule has 0 saturated carbocycles. The quantitative estimate of drug-likeness (QED) is 0.734. The largest absolute Gasteiger partial charge is 0.476 e. The van der Waals surface area contributed by atoms with Crippen LogP contribution in [0, 0.1) is 0 Å². The first-order valence-corrected chi connectivity index (χ1v) is 7.57. The van der Waals surface area contributed by atoms with Gasteiger partial charge in [-0.25, -0.2) is 14.8 Å². The predicted octanol–water partition coefficient (Wildman–Crippen LogP) is 4.51. The Labute approximate surface area is 147 Å². The third-order valence-corrected chi connectivity index (χ3v) is 3.89. The first kappa shape index (κ1) is 16.3. The van der Waals surface area contributed by atoms with Crippen LogP contribution in [0.25, 0.3) is 11.4 Å². The van der Waals surface area contributed by atoms with Crippen molar-refractivity contribution in [1.29, 1.82) is 0 Å². The highest BCUT2D eigenvalue weighted by Gasteiger charge is 2.22. The number of aromatic nitrogens is 2. The topological polar surface area (TPSA) is 79.5 Å². The van der Waals surface area contributed by atoms with Crippen molar-refractivity contribution in [3.05, 3.63) is 58.4 Å². The van der Waals surface area contributed by atoms with Crippen molar-refractivity contribution in [2.24, 2.45) is 0 Å². The Morgan fingerprint density at radius 2 is 1.88 bits per heavy atom. The van der Waals surface area contributed by atoms with E-state index < -0.39 is 5.97 Å². The van der Waals surface area contributed by atoms with Crippen molar-refractivity contribution >= 4 is 40.9 Å². The molecule has 3 aromatic rings. The van der Waals surface area contributed by atoms with Crippen LogP contribution in [-0.2, 0) is 0 Å². The van der Waals surface area contributed by atoms with Gasteiger partial charge in [-0.15, -0.1) is 0 Å². The highest BCUT2D eigenvalue weighted by Crippen LogP contribution is 2.33. The number of anilines is 2. The Hall–Kier alpha value is -2.57. The normalized spacial score (nSPS) is 10.6. The summed E-state index contributed by atoms with van der Waals surface area (Å²) in [5.74, 6) is -0.327. The predicted molar refractivity (Wildman–Crippen MR) is 91.2 cm³/mol. The molecule has 24 heavy (non-hydrogen) atoms. The van der Waals surface area contributed by atoms with Gasteiger partial charge in [-0.1, -0.05) is 23.2 Å². The number of benzene rings is 1. The van der Waals surface area contributed by atoms with Crippen molar-refractivity contribution < 1.29 is 14.3 Å². The molecule has 8 heteroatoms. The van der Waals surface area contributed by atoms with Gasteiger partial charge in [0.05, 0.1) is 6.26 Å². The summed E-state index contributed by atoms with van der Waals surface area (Å²) in [6.07, 6.45) is 1.50. The molecule has 0 radical (unpaired) electrons. The maximum Gasteiger partial charge on any atom is 0.356 e. The lowest BCUT2D eigenvalue weighted by Crippen LogP contribution is -2.15. The van der Waals surface area contributed by atoms with Crippen LogP contribution in [0.2, 0.25) is 10.0 Å². The van der Waals surface area contributed by atoms with Crippen LogP contribution in [0.15, 0.2) is 47.1 Å². The summed E-state index contributed by atoms with van der Waals surface area (Å²) in [4.78, 5) is 21.5. The highest BCUT2D eigenvalue weighted by atomic mass is 35.5. The molecule has 0 aliphatic carbocycles. The van der Waals surface area contributed by atoms with Crippen molar-refractivity contribution in [2.75, 3.05) is 11.9 Å². The lowest BCUT2D eigenvalue weighted by atomic mass is 10.2. The summed E-state index contributed by atoms with van der Waals surface area (Å²) >= 11 is 12.1. The fourth-order valence-electron chi connectivity index (χ4n) is 2.09. The number of hydrogen-bond acceptors (Lipinski definition) is 5. The fraction of sp³-hybridized carbons (Fsp3) is 0.0625. The number of rotatable bonds is 4. The van der Waals surface area contributed by atoms with E-state index in [0.29, 0.717) is 16.5 Å². The van der Waals surface area contributed by atoms with Gasteiger partial charge < -0.3 is 9.52 Å². The molecule has 1 aromatic carbocycles. The minimum absolute atomic E-state index is 0.0703. The van der Waals surface area contributed by atoms with E-state index in [1.165, 1.54) is 6.26 Å². The summed E-state index contributed by atoms with van der Waals surface area (Å²) in [5, 5.41) is 9.86. The van der Waals surface area contributed by atoms with Crippen LogP contribution in [0.5, 0.6) is 0 Å². The first-order chi connectivity index (χ1) is 11.5. The van der Waals surface area contributed by atoms with Crippen molar-refractivity contribution in [3.63, 3.8) is 0 Å². The second-order valence-corrected chi connectivity index (χ2v) is 5.67. The average molecular weight is 364 g/mol. The minimum atomic E-state index is -1.24. The van der Waals surface area contributed by atoms with E-state index in [1.807, 2.05) is 0 Å². The maximum atomic E-state index is 11.5. The van der Waals surface area contributed by atoms with Crippen LogP contribution in [0.3, 0.4) is 0 Å². The molecule has 2 aromatic heterocycles. The number of carboxylic acids is 1. The second kappa shape index (κ2) is 6.51. The third kappa shape index (κ3) is 3.06. The minimum Gasteiger partial charge on any atom is -0.476 e. The van der Waals surface area contributed by atoms with Gasteiger partial charge in [-0.2, -0.15) is 0 Å². The molecule has 122 valence electrons. The SMILES string of the molecule is CN(c1ccco1)c1nc(-c2ccc(Cl)cc2)nc(C(=O)O)c1Cl. The van der Waals surface area contributed by atoms with Gasteiger partial charge in [0.2, 0.25) is 5.88 Å². The Kier molecular flexibility index (Phi) is 4.42. The molecule has 0 bridgehead atoms. The maximum absolute atomic E-state index is 11.5. The number of carbonyl (C=O) groups is 1. The Bertz CT molecular complexity index is 880. The number of hydrogen-bond donors (Lipinski definition) is 1. The number of nitrogens with zero attached hydrogens (tertiary/aromatic N) is 3. The van der Waals surface area contributed by atoms with E-state index >= 15 is 0 Å². The van der Waals surface area contributed by atoms with Gasteiger partial charge in [0.25, 0.3) is 0 Å². The van der Waals surface area contributed by atoms with Crippen molar-refractivity contribution in [3.8, 4) is 11.4 Å². The fourth-order valence-corrected chi connectivity index (χ4v) is 2.51. The van der Waals surface area contributed by atoms with Gasteiger partial charge >= 0.3 is 5.97 Å². The third-order valence-electron chi connectivity index (χ3n) is 3.29. The molecule has 1 N–H and O–H groups in total. The second-order valence-electron chi connectivity index (χ2n) is 4.86. The summed E-state index contributed by atoms with van der Waals surface area (Å²) in [7, 11) is 1.67. The Morgan fingerprint density at radius 3 is 2.46 bits per heavy atom. The molecule has 0 aliphatic heterocycles. The molecule has 6 nitrogen and oxygen atoms in total. The molecule has 0 unspecified atom stereocenters. The molecule has 0 spiro atoms. The molecule has 0 atom stereocenters. The Morgan fingerprint density at radius 1 is 1.17 bits per heavy atom. The molecular weight excluding hydrogens is 353 g/mol. The zero-order valence-corrected chi connectivity index (χ0v) is 13.9. The molecular formula is C16H11Cl2N3O3.